The van der Waals surface area contributed by atoms with Gasteiger partial charge in [-0.3, -0.25) is 14.9 Å². The highest BCUT2D eigenvalue weighted by Gasteiger charge is 2.19. The van der Waals surface area contributed by atoms with Crippen molar-refractivity contribution in [3.05, 3.63) is 22.2 Å². The summed E-state index contributed by atoms with van der Waals surface area (Å²) in [6.07, 6.45) is 4.90. The zero-order chi connectivity index (χ0) is 16.7. The molecule has 0 bridgehead atoms. The zero-order valence-electron chi connectivity index (χ0n) is 12.4. The van der Waals surface area contributed by atoms with Crippen LogP contribution < -0.4 is 0 Å². The van der Waals surface area contributed by atoms with Crippen molar-refractivity contribution in [1.29, 1.82) is 0 Å². The molecule has 1 heterocycles. The lowest BCUT2D eigenvalue weighted by Crippen LogP contribution is -1.93. The molecule has 1 aromatic carbocycles. The van der Waals surface area contributed by atoms with E-state index in [0.717, 1.165) is 42.8 Å². The number of carbonyl (C=O) groups is 1. The molecule has 0 saturated carbocycles. The second-order valence-corrected chi connectivity index (χ2v) is 6.20. The van der Waals surface area contributed by atoms with Crippen LogP contribution in [0.1, 0.15) is 38.5 Å². The van der Waals surface area contributed by atoms with Gasteiger partial charge < -0.3 is 5.11 Å². The number of thioether (sulfide) groups is 1. The molecule has 0 aliphatic heterocycles. The normalized spacial score (nSPS) is 11.0. The summed E-state index contributed by atoms with van der Waals surface area (Å²) in [5, 5.41) is 26.8. The fourth-order valence-corrected chi connectivity index (χ4v) is 3.19. The smallest absolute Gasteiger partial charge is 0.303 e. The van der Waals surface area contributed by atoms with Crippen LogP contribution in [0, 0.1) is 10.1 Å². The van der Waals surface area contributed by atoms with E-state index in [0.29, 0.717) is 5.52 Å². The van der Waals surface area contributed by atoms with E-state index in [1.54, 1.807) is 17.8 Å². The molecule has 0 amide bonds. The highest BCUT2D eigenvalue weighted by molar-refractivity contribution is 7.99. The Kier molecular flexibility index (Phi) is 6.33. The number of nitrogens with zero attached hydrogens (tertiary/aromatic N) is 3. The van der Waals surface area contributed by atoms with Crippen LogP contribution in [0.3, 0.4) is 0 Å². The van der Waals surface area contributed by atoms with Crippen molar-refractivity contribution >= 4 is 34.5 Å². The summed E-state index contributed by atoms with van der Waals surface area (Å²) in [5.41, 5.74) is 0.489. The first-order valence-electron chi connectivity index (χ1n) is 7.34. The van der Waals surface area contributed by atoms with Gasteiger partial charge in [-0.25, -0.2) is 4.63 Å². The van der Waals surface area contributed by atoms with Crippen LogP contribution in [0.2, 0.25) is 0 Å². The van der Waals surface area contributed by atoms with Gasteiger partial charge >= 0.3 is 11.7 Å². The first-order chi connectivity index (χ1) is 11.1. The SMILES string of the molecule is O=C(O)CCCCCCCSc1ccc([N+](=O)[O-])c2nonc12. The maximum atomic E-state index is 10.9. The van der Waals surface area contributed by atoms with Crippen LogP contribution >= 0.6 is 11.8 Å². The number of carboxylic acids is 1. The molecule has 0 saturated heterocycles. The summed E-state index contributed by atoms with van der Waals surface area (Å²) in [6.45, 7) is 0. The molecule has 9 heteroatoms. The molecule has 124 valence electrons. The number of rotatable bonds is 10. The quantitative estimate of drug-likeness (QED) is 0.301. The first kappa shape index (κ1) is 17.2. The Balaban J connectivity index is 1.77. The predicted octanol–water partition coefficient (Wildman–Crippen LogP) is 3.65. The van der Waals surface area contributed by atoms with Crippen molar-refractivity contribution in [2.45, 2.75) is 43.4 Å². The van der Waals surface area contributed by atoms with Crippen LogP contribution in [0.15, 0.2) is 21.7 Å². The number of aliphatic carboxylic acids is 1. The molecule has 2 aromatic rings. The molecule has 8 nitrogen and oxygen atoms in total. The van der Waals surface area contributed by atoms with Crippen LogP contribution in [0.4, 0.5) is 5.69 Å². The van der Waals surface area contributed by atoms with E-state index in [-0.39, 0.29) is 17.6 Å². The molecule has 0 radical (unpaired) electrons. The molecule has 0 aliphatic carbocycles. The minimum Gasteiger partial charge on any atom is -0.481 e. The van der Waals surface area contributed by atoms with E-state index in [4.69, 9.17) is 5.11 Å². The minimum absolute atomic E-state index is 0.107. The Hall–Kier alpha value is -2.16. The van der Waals surface area contributed by atoms with Crippen molar-refractivity contribution in [2.75, 3.05) is 5.75 Å². The first-order valence-corrected chi connectivity index (χ1v) is 8.32. The fraction of sp³-hybridized carbons (Fsp3) is 0.500. The topological polar surface area (TPSA) is 119 Å². The Labute approximate surface area is 136 Å². The molecule has 23 heavy (non-hydrogen) atoms. The Bertz CT molecular complexity index is 688. The summed E-state index contributed by atoms with van der Waals surface area (Å²) in [4.78, 5) is 21.6. The third kappa shape index (κ3) is 4.92. The van der Waals surface area contributed by atoms with Gasteiger partial charge in [-0.2, -0.15) is 0 Å². The number of benzene rings is 1. The average Bonchev–Trinajstić information content (AvgIpc) is 2.98. The second-order valence-electron chi connectivity index (χ2n) is 5.06. The molecule has 0 fully saturated rings. The largest absolute Gasteiger partial charge is 0.481 e. The summed E-state index contributed by atoms with van der Waals surface area (Å²) in [5.74, 6) is 0.113. The van der Waals surface area contributed by atoms with Gasteiger partial charge in [-0.05, 0) is 35.0 Å². The van der Waals surface area contributed by atoms with Gasteiger partial charge in [-0.1, -0.05) is 19.3 Å². The molecule has 0 unspecified atom stereocenters. The molecule has 2 rings (SSSR count). The van der Waals surface area contributed by atoms with E-state index >= 15 is 0 Å². The van der Waals surface area contributed by atoms with Gasteiger partial charge in [0.25, 0.3) is 0 Å². The van der Waals surface area contributed by atoms with Gasteiger partial charge in [-0.15, -0.1) is 11.8 Å². The lowest BCUT2D eigenvalue weighted by Gasteiger charge is -2.02. The van der Waals surface area contributed by atoms with Gasteiger partial charge in [0, 0.05) is 17.4 Å². The summed E-state index contributed by atoms with van der Waals surface area (Å²) in [6, 6.07) is 3.09. The van der Waals surface area contributed by atoms with E-state index in [9.17, 15) is 14.9 Å². The fourth-order valence-electron chi connectivity index (χ4n) is 2.19. The highest BCUT2D eigenvalue weighted by Crippen LogP contribution is 2.32. The monoisotopic (exact) mass is 339 g/mol. The molecule has 1 N–H and O–H groups in total. The van der Waals surface area contributed by atoms with E-state index in [2.05, 4.69) is 14.9 Å². The van der Waals surface area contributed by atoms with Crippen molar-refractivity contribution < 1.29 is 19.5 Å². The van der Waals surface area contributed by atoms with Gasteiger partial charge in [0.1, 0.15) is 0 Å². The minimum atomic E-state index is -0.746. The zero-order valence-corrected chi connectivity index (χ0v) is 13.3. The van der Waals surface area contributed by atoms with Crippen LogP contribution in [0.25, 0.3) is 11.0 Å². The molecule has 1 aromatic heterocycles. The average molecular weight is 339 g/mol. The van der Waals surface area contributed by atoms with Crippen LogP contribution in [0.5, 0.6) is 0 Å². The maximum Gasteiger partial charge on any atom is 0.303 e. The molecular formula is C14H17N3O5S. The maximum absolute atomic E-state index is 10.9. The lowest BCUT2D eigenvalue weighted by molar-refractivity contribution is -0.383. The third-order valence-corrected chi connectivity index (χ3v) is 4.48. The third-order valence-electron chi connectivity index (χ3n) is 3.35. The number of hydrogen-bond acceptors (Lipinski definition) is 7. The van der Waals surface area contributed by atoms with E-state index in [1.165, 1.54) is 6.07 Å². The number of non-ortho nitro benzene ring substituents is 1. The Morgan fingerprint density at radius 2 is 1.87 bits per heavy atom. The highest BCUT2D eigenvalue weighted by atomic mass is 32.2. The molecule has 0 aliphatic rings. The number of nitro benzene ring substituents is 1. The Morgan fingerprint density at radius 1 is 1.17 bits per heavy atom. The number of aromatic nitrogens is 2. The van der Waals surface area contributed by atoms with E-state index < -0.39 is 10.9 Å². The van der Waals surface area contributed by atoms with Crippen molar-refractivity contribution in [3.63, 3.8) is 0 Å². The van der Waals surface area contributed by atoms with Gasteiger partial charge in [0.05, 0.1) is 4.92 Å². The van der Waals surface area contributed by atoms with Crippen molar-refractivity contribution in [2.24, 2.45) is 0 Å². The number of unbranched alkanes of at least 4 members (excludes halogenated alkanes) is 4. The van der Waals surface area contributed by atoms with Gasteiger partial charge in [0.15, 0.2) is 5.52 Å². The molecule has 0 spiro atoms. The van der Waals surface area contributed by atoms with Crippen molar-refractivity contribution in [3.8, 4) is 0 Å². The summed E-state index contributed by atoms with van der Waals surface area (Å²) in [7, 11) is 0. The van der Waals surface area contributed by atoms with Crippen LogP contribution in [-0.4, -0.2) is 32.1 Å². The summed E-state index contributed by atoms with van der Waals surface area (Å²) >= 11 is 1.56. The van der Waals surface area contributed by atoms with E-state index in [1.807, 2.05) is 0 Å². The standard InChI is InChI=1S/C14H17N3O5S/c18-12(19)6-4-2-1-3-5-9-23-11-8-7-10(17(20)21)13-14(11)16-22-15-13/h7-8H,1-6,9H2,(H,18,19). The van der Waals surface area contributed by atoms with Crippen LogP contribution in [-0.2, 0) is 4.79 Å². The predicted molar refractivity (Wildman–Crippen MR) is 84.5 cm³/mol. The Morgan fingerprint density at radius 3 is 2.61 bits per heavy atom. The van der Waals surface area contributed by atoms with Crippen molar-refractivity contribution in [1.82, 2.24) is 10.3 Å². The molecule has 0 atom stereocenters. The summed E-state index contributed by atoms with van der Waals surface area (Å²) < 4.78 is 4.62. The van der Waals surface area contributed by atoms with Gasteiger partial charge in [0.2, 0.25) is 5.52 Å². The number of fused-ring (bicyclic) bond motifs is 1. The lowest BCUT2D eigenvalue weighted by atomic mass is 10.1. The number of nitro groups is 1. The number of hydrogen-bond donors (Lipinski definition) is 1. The number of carboxylic acid groups (broad SMARTS) is 1. The second kappa shape index (κ2) is 8.47. The molecular weight excluding hydrogens is 322 g/mol.